The average molecular weight is 283 g/mol. The number of hydrogen-bond donors (Lipinski definition) is 0. The Morgan fingerprint density at radius 2 is 1.62 bits per heavy atom. The van der Waals surface area contributed by atoms with Gasteiger partial charge in [-0.3, -0.25) is 0 Å². The van der Waals surface area contributed by atoms with Gasteiger partial charge >= 0.3 is 0 Å². The summed E-state index contributed by atoms with van der Waals surface area (Å²) in [4.78, 5) is 2.25. The fraction of sp³-hybridized carbons (Fsp3) is 0.500. The minimum absolute atomic E-state index is 0.629. The molecule has 114 valence electrons. The maximum atomic E-state index is 2.40. The molecule has 0 heterocycles. The third kappa shape index (κ3) is 4.00. The number of anilines is 1. The van der Waals surface area contributed by atoms with Crippen molar-refractivity contribution >= 4 is 16.5 Å². The van der Waals surface area contributed by atoms with Crippen molar-refractivity contribution < 1.29 is 0 Å². The molecule has 0 saturated heterocycles. The average Bonchev–Trinajstić information content (AvgIpc) is 2.50. The lowest BCUT2D eigenvalue weighted by molar-refractivity contribution is 0.580. The number of hydrogen-bond acceptors (Lipinski definition) is 1. The van der Waals surface area contributed by atoms with Crippen molar-refractivity contribution in [3.05, 3.63) is 42.0 Å². The highest BCUT2D eigenvalue weighted by Gasteiger charge is 2.13. The fourth-order valence-corrected chi connectivity index (χ4v) is 3.06. The Hall–Kier alpha value is -1.50. The molecule has 0 aliphatic rings. The second-order valence-electron chi connectivity index (χ2n) is 6.40. The molecule has 0 aromatic heterocycles. The Labute approximate surface area is 130 Å². The van der Waals surface area contributed by atoms with Crippen LogP contribution in [0, 0.1) is 0 Å². The summed E-state index contributed by atoms with van der Waals surface area (Å²) in [6, 6.07) is 13.4. The number of fused-ring (bicyclic) bond motifs is 1. The molecule has 0 aliphatic carbocycles. The molecule has 0 saturated carbocycles. The van der Waals surface area contributed by atoms with E-state index in [0.717, 1.165) is 0 Å². The summed E-state index contributed by atoms with van der Waals surface area (Å²) in [6.07, 6.45) is 6.68. The van der Waals surface area contributed by atoms with E-state index in [4.69, 9.17) is 0 Å². The fourth-order valence-electron chi connectivity index (χ4n) is 3.06. The van der Waals surface area contributed by atoms with Crippen molar-refractivity contribution in [2.75, 3.05) is 19.0 Å². The van der Waals surface area contributed by atoms with Crippen molar-refractivity contribution in [2.45, 2.75) is 51.9 Å². The molecule has 0 spiro atoms. The Bertz CT molecular complexity index is 571. The van der Waals surface area contributed by atoms with E-state index in [9.17, 15) is 0 Å². The first-order valence-corrected chi connectivity index (χ1v) is 8.33. The van der Waals surface area contributed by atoms with Crippen LogP contribution in [0.1, 0.15) is 57.4 Å². The predicted molar refractivity (Wildman–Crippen MR) is 95.4 cm³/mol. The van der Waals surface area contributed by atoms with Gasteiger partial charge in [-0.1, -0.05) is 63.8 Å². The van der Waals surface area contributed by atoms with Gasteiger partial charge < -0.3 is 4.90 Å². The highest BCUT2D eigenvalue weighted by atomic mass is 15.1. The van der Waals surface area contributed by atoms with Crippen LogP contribution in [0.25, 0.3) is 10.8 Å². The quantitative estimate of drug-likeness (QED) is 0.565. The maximum absolute atomic E-state index is 2.40. The number of unbranched alkanes of at least 4 members (excludes halogenated alkanes) is 3. The first-order valence-electron chi connectivity index (χ1n) is 8.33. The second kappa shape index (κ2) is 7.49. The molecule has 2 aromatic carbocycles. The van der Waals surface area contributed by atoms with E-state index in [2.05, 4.69) is 69.2 Å². The Kier molecular flexibility index (Phi) is 5.67. The largest absolute Gasteiger partial charge is 0.377 e. The molecule has 2 aromatic rings. The molecule has 21 heavy (non-hydrogen) atoms. The van der Waals surface area contributed by atoms with Gasteiger partial charge in [-0.2, -0.15) is 0 Å². The van der Waals surface area contributed by atoms with Gasteiger partial charge in [-0.05, 0) is 40.8 Å². The molecule has 1 nitrogen and oxygen atoms in total. The van der Waals surface area contributed by atoms with Crippen LogP contribution in [-0.4, -0.2) is 14.1 Å². The lowest BCUT2D eigenvalue weighted by atomic mass is 9.91. The summed E-state index contributed by atoms with van der Waals surface area (Å²) < 4.78 is 0. The van der Waals surface area contributed by atoms with Gasteiger partial charge in [-0.25, -0.2) is 0 Å². The van der Waals surface area contributed by atoms with Gasteiger partial charge in [0.2, 0.25) is 0 Å². The van der Waals surface area contributed by atoms with Crippen LogP contribution in [0.2, 0.25) is 0 Å². The third-order valence-electron chi connectivity index (χ3n) is 4.40. The Balaban J connectivity index is 2.25. The minimum Gasteiger partial charge on any atom is -0.377 e. The zero-order chi connectivity index (χ0) is 15.2. The zero-order valence-corrected chi connectivity index (χ0v) is 14.0. The highest BCUT2D eigenvalue weighted by Crippen LogP contribution is 2.33. The van der Waals surface area contributed by atoms with Crippen molar-refractivity contribution in [3.63, 3.8) is 0 Å². The maximum Gasteiger partial charge on any atom is 0.0402 e. The monoisotopic (exact) mass is 283 g/mol. The first kappa shape index (κ1) is 15.9. The highest BCUT2D eigenvalue weighted by molar-refractivity contribution is 5.87. The minimum atomic E-state index is 0.629. The number of rotatable bonds is 7. The van der Waals surface area contributed by atoms with Crippen LogP contribution in [-0.2, 0) is 0 Å². The van der Waals surface area contributed by atoms with Crippen LogP contribution in [0.4, 0.5) is 5.69 Å². The van der Waals surface area contributed by atoms with E-state index in [0.29, 0.717) is 5.92 Å². The molecule has 1 atom stereocenters. The molecular weight excluding hydrogens is 254 g/mol. The predicted octanol–water partition coefficient (Wildman–Crippen LogP) is 5.98. The first-order chi connectivity index (χ1) is 10.1. The molecule has 2 rings (SSSR count). The van der Waals surface area contributed by atoms with Crippen LogP contribution in [0.3, 0.4) is 0 Å². The normalized spacial score (nSPS) is 12.6. The van der Waals surface area contributed by atoms with Crippen molar-refractivity contribution in [3.8, 4) is 0 Å². The van der Waals surface area contributed by atoms with Crippen molar-refractivity contribution in [1.29, 1.82) is 0 Å². The van der Waals surface area contributed by atoms with Crippen molar-refractivity contribution in [2.24, 2.45) is 0 Å². The summed E-state index contributed by atoms with van der Waals surface area (Å²) in [7, 11) is 4.30. The van der Waals surface area contributed by atoms with Gasteiger partial charge in [0.1, 0.15) is 0 Å². The van der Waals surface area contributed by atoms with Gasteiger partial charge in [0.25, 0.3) is 0 Å². The van der Waals surface area contributed by atoms with Crippen molar-refractivity contribution in [1.82, 2.24) is 0 Å². The van der Waals surface area contributed by atoms with Crippen LogP contribution in [0.5, 0.6) is 0 Å². The molecule has 0 radical (unpaired) electrons. The molecule has 1 unspecified atom stereocenters. The molecule has 1 heteroatoms. The van der Waals surface area contributed by atoms with E-state index >= 15 is 0 Å². The smallest absolute Gasteiger partial charge is 0.0402 e. The summed E-state index contributed by atoms with van der Waals surface area (Å²) in [5.41, 5.74) is 2.87. The topological polar surface area (TPSA) is 3.24 Å². The van der Waals surface area contributed by atoms with E-state index in [-0.39, 0.29) is 0 Å². The van der Waals surface area contributed by atoms with Gasteiger partial charge in [0.05, 0.1) is 0 Å². The third-order valence-corrected chi connectivity index (χ3v) is 4.40. The molecule has 0 fully saturated rings. The molecule has 0 N–H and O–H groups in total. The van der Waals surface area contributed by atoms with Gasteiger partial charge in [0.15, 0.2) is 0 Å². The molecular formula is C20H29N. The summed E-state index contributed by atoms with van der Waals surface area (Å²) in [6.45, 7) is 4.65. The molecule has 0 bridgehead atoms. The van der Waals surface area contributed by atoms with E-state index in [1.807, 2.05) is 0 Å². The molecule has 0 aliphatic heterocycles. The van der Waals surface area contributed by atoms with Gasteiger partial charge in [-0.15, -0.1) is 0 Å². The standard InChI is InChI=1S/C20H29N/c1-5-6-7-8-11-16(2)19-14-17-12-9-10-13-18(17)15-20(19)21(3)4/h9-10,12-16H,5-8,11H2,1-4H3. The second-order valence-corrected chi connectivity index (χ2v) is 6.40. The van der Waals surface area contributed by atoms with E-state index in [1.54, 1.807) is 0 Å². The van der Waals surface area contributed by atoms with E-state index < -0.39 is 0 Å². The zero-order valence-electron chi connectivity index (χ0n) is 14.0. The summed E-state index contributed by atoms with van der Waals surface area (Å²) in [5.74, 6) is 0.629. The van der Waals surface area contributed by atoms with E-state index in [1.165, 1.54) is 54.1 Å². The molecule has 0 amide bonds. The lowest BCUT2D eigenvalue weighted by Crippen LogP contribution is -2.12. The van der Waals surface area contributed by atoms with Gasteiger partial charge in [0, 0.05) is 19.8 Å². The SMILES string of the molecule is CCCCCCC(C)c1cc2ccccc2cc1N(C)C. The summed E-state index contributed by atoms with van der Waals surface area (Å²) >= 11 is 0. The number of nitrogens with zero attached hydrogens (tertiary/aromatic N) is 1. The lowest BCUT2D eigenvalue weighted by Gasteiger charge is -2.23. The summed E-state index contributed by atoms with van der Waals surface area (Å²) in [5, 5.41) is 2.70. The van der Waals surface area contributed by atoms with Crippen LogP contribution < -0.4 is 4.90 Å². The van der Waals surface area contributed by atoms with Crippen LogP contribution in [0.15, 0.2) is 36.4 Å². The Morgan fingerprint density at radius 3 is 2.24 bits per heavy atom. The Morgan fingerprint density at radius 1 is 0.952 bits per heavy atom. The number of benzene rings is 2. The van der Waals surface area contributed by atoms with Crippen LogP contribution >= 0.6 is 0 Å².